The summed E-state index contributed by atoms with van der Waals surface area (Å²) in [6.45, 7) is 12.9. The molecule has 1 saturated heterocycles. The fraction of sp³-hybridized carbons (Fsp3) is 0.543. The fourth-order valence-electron chi connectivity index (χ4n) is 7.66. The summed E-state index contributed by atoms with van der Waals surface area (Å²) in [7, 11) is 3.60. The highest BCUT2D eigenvalue weighted by molar-refractivity contribution is 6.99. The van der Waals surface area contributed by atoms with Gasteiger partial charge < -0.3 is 32.8 Å². The number of methoxy groups -OCH3 is 4. The monoisotopic (exact) mass is 608 g/mol. The van der Waals surface area contributed by atoms with Crippen LogP contribution >= 0.6 is 0 Å². The molecule has 0 radical (unpaired) electrons. The van der Waals surface area contributed by atoms with Crippen molar-refractivity contribution in [3.05, 3.63) is 84.0 Å². The first kappa shape index (κ1) is 32.3. The van der Waals surface area contributed by atoms with E-state index >= 15 is 0 Å². The predicted octanol–water partition coefficient (Wildman–Crippen LogP) is 5.48. The highest BCUT2D eigenvalue weighted by Gasteiger charge is 2.63. The number of ether oxygens (including phenoxy) is 6. The van der Waals surface area contributed by atoms with E-state index in [-0.39, 0.29) is 11.1 Å². The van der Waals surface area contributed by atoms with E-state index in [0.29, 0.717) is 12.8 Å². The van der Waals surface area contributed by atoms with Gasteiger partial charge in [0, 0.05) is 52.4 Å². The molecule has 2 aromatic carbocycles. The van der Waals surface area contributed by atoms with Crippen molar-refractivity contribution < 1.29 is 32.8 Å². The summed E-state index contributed by atoms with van der Waals surface area (Å²) >= 11 is 0. The maximum absolute atomic E-state index is 7.87. The smallest absolute Gasteiger partial charge is 0.261 e. The first-order chi connectivity index (χ1) is 20.3. The van der Waals surface area contributed by atoms with Crippen LogP contribution < -0.4 is 10.4 Å². The number of rotatable bonds is 8. The van der Waals surface area contributed by atoms with Crippen molar-refractivity contribution in [2.75, 3.05) is 28.4 Å². The van der Waals surface area contributed by atoms with Gasteiger partial charge in [-0.05, 0) is 48.3 Å². The van der Waals surface area contributed by atoms with Gasteiger partial charge in [0.25, 0.3) is 8.32 Å². The average Bonchev–Trinajstić information content (AvgIpc) is 3.21. The number of benzene rings is 2. The minimum atomic E-state index is -3.04. The SMILES string of the molecule is COC1(OC)C=CC(OC)(OC)C2=C1C[C@@]1(C[C@@H]2O[Si](c2ccccc2)(c2ccccc2)C(C)(C)C)OC(C)(C)O[C@H]1C. The molecule has 8 heteroatoms. The lowest BCUT2D eigenvalue weighted by atomic mass is 9.69. The highest BCUT2D eigenvalue weighted by atomic mass is 28.4. The van der Waals surface area contributed by atoms with Crippen LogP contribution in [0.3, 0.4) is 0 Å². The second-order valence-corrected chi connectivity index (χ2v) is 17.6. The summed E-state index contributed by atoms with van der Waals surface area (Å²) in [6, 6.07) is 21.3. The molecule has 2 aromatic rings. The zero-order valence-corrected chi connectivity index (χ0v) is 28.4. The van der Waals surface area contributed by atoms with Crippen LogP contribution in [0, 0.1) is 0 Å². The molecule has 0 saturated carbocycles. The third-order valence-corrected chi connectivity index (χ3v) is 14.6. The zero-order valence-electron chi connectivity index (χ0n) is 27.4. The topological polar surface area (TPSA) is 64.6 Å². The van der Waals surface area contributed by atoms with Crippen LogP contribution in [0.4, 0.5) is 0 Å². The van der Waals surface area contributed by atoms with Gasteiger partial charge >= 0.3 is 0 Å². The molecule has 0 N–H and O–H groups in total. The van der Waals surface area contributed by atoms with Crippen LogP contribution in [0.15, 0.2) is 84.0 Å². The first-order valence-corrected chi connectivity index (χ1v) is 17.0. The normalized spacial score (nSPS) is 27.9. The highest BCUT2D eigenvalue weighted by Crippen LogP contribution is 2.56. The molecule has 0 aromatic heterocycles. The summed E-state index contributed by atoms with van der Waals surface area (Å²) in [5, 5.41) is 2.11. The third-order valence-electron chi connectivity index (χ3n) is 9.57. The van der Waals surface area contributed by atoms with Crippen LogP contribution in [-0.2, 0) is 32.8 Å². The van der Waals surface area contributed by atoms with Crippen LogP contribution in [0.25, 0.3) is 0 Å². The number of hydrogen-bond acceptors (Lipinski definition) is 7. The summed E-state index contributed by atoms with van der Waals surface area (Å²) in [5.41, 5.74) is 1.01. The van der Waals surface area contributed by atoms with E-state index < -0.39 is 37.4 Å². The molecular weight excluding hydrogens is 560 g/mol. The van der Waals surface area contributed by atoms with Gasteiger partial charge in [0.05, 0.1) is 12.2 Å². The Morgan fingerprint density at radius 3 is 1.67 bits per heavy atom. The third kappa shape index (κ3) is 5.10. The van der Waals surface area contributed by atoms with Crippen molar-refractivity contribution in [1.29, 1.82) is 0 Å². The maximum Gasteiger partial charge on any atom is 0.261 e. The Morgan fingerprint density at radius 1 is 0.767 bits per heavy atom. The molecule has 1 spiro atoms. The molecule has 234 valence electrons. The second kappa shape index (κ2) is 11.3. The molecule has 0 unspecified atom stereocenters. The summed E-state index contributed by atoms with van der Waals surface area (Å²) in [4.78, 5) is 0. The minimum Gasteiger partial charge on any atom is -0.400 e. The minimum absolute atomic E-state index is 0.224. The molecule has 3 aliphatic rings. The van der Waals surface area contributed by atoms with Gasteiger partial charge in [0.15, 0.2) is 5.79 Å². The Bertz CT molecular complexity index is 1300. The van der Waals surface area contributed by atoms with Crippen molar-refractivity contribution >= 4 is 18.7 Å². The van der Waals surface area contributed by atoms with Crippen LogP contribution in [0.5, 0.6) is 0 Å². The van der Waals surface area contributed by atoms with Gasteiger partial charge in [-0.2, -0.15) is 0 Å². The predicted molar refractivity (Wildman–Crippen MR) is 170 cm³/mol. The summed E-state index contributed by atoms with van der Waals surface area (Å²) in [6.07, 6.45) is 4.07. The van der Waals surface area contributed by atoms with E-state index in [1.54, 1.807) is 28.4 Å². The maximum atomic E-state index is 7.87. The van der Waals surface area contributed by atoms with Crippen molar-refractivity contribution in [2.24, 2.45) is 0 Å². The van der Waals surface area contributed by atoms with Gasteiger partial charge in [-0.3, -0.25) is 0 Å². The van der Waals surface area contributed by atoms with Gasteiger partial charge in [-0.25, -0.2) is 0 Å². The van der Waals surface area contributed by atoms with Crippen LogP contribution in [0.1, 0.15) is 54.4 Å². The summed E-state index contributed by atoms with van der Waals surface area (Å²) < 4.78 is 45.9. The zero-order chi connectivity index (χ0) is 31.3. The Labute approximate surface area is 258 Å². The van der Waals surface area contributed by atoms with Crippen molar-refractivity contribution in [3.8, 4) is 0 Å². The molecule has 5 rings (SSSR count). The fourth-order valence-corrected chi connectivity index (χ4v) is 12.3. The molecule has 1 fully saturated rings. The van der Waals surface area contributed by atoms with E-state index in [1.165, 1.54) is 10.4 Å². The lowest BCUT2D eigenvalue weighted by Crippen LogP contribution is -2.69. The van der Waals surface area contributed by atoms with E-state index in [2.05, 4.69) is 88.4 Å². The Hall–Kier alpha value is -2.14. The Balaban J connectivity index is 1.83. The van der Waals surface area contributed by atoms with Crippen molar-refractivity contribution in [2.45, 2.75) is 94.6 Å². The average molecular weight is 609 g/mol. The summed E-state index contributed by atoms with van der Waals surface area (Å²) in [5.74, 6) is -3.12. The molecule has 0 bridgehead atoms. The van der Waals surface area contributed by atoms with Gasteiger partial charge in [-0.1, -0.05) is 81.4 Å². The quantitative estimate of drug-likeness (QED) is 0.223. The molecule has 1 heterocycles. The molecular formula is C35H48O7Si. The standard InChI is InChI=1S/C35H48O7Si/c1-25-33(42-32(5,6)40-25)23-28-30(35(38-9,39-10)22-21-34(28,36-7)37-8)29(24-33)41-43(31(2,3)4,26-17-13-11-14-18-26)27-19-15-12-16-20-27/h11-22,25,29H,23-24H2,1-10H3/t25-,29-,33-/m0/s1. The lowest BCUT2D eigenvalue weighted by molar-refractivity contribution is -0.200. The molecule has 2 aliphatic carbocycles. The van der Waals surface area contributed by atoms with E-state index in [4.69, 9.17) is 32.8 Å². The molecule has 0 amide bonds. The second-order valence-electron chi connectivity index (χ2n) is 13.4. The lowest BCUT2D eigenvalue weighted by Gasteiger charge is -2.54. The van der Waals surface area contributed by atoms with E-state index in [1.807, 2.05) is 26.0 Å². The van der Waals surface area contributed by atoms with Crippen molar-refractivity contribution in [1.82, 2.24) is 0 Å². The van der Waals surface area contributed by atoms with Gasteiger partial charge in [0.1, 0.15) is 5.60 Å². The Morgan fingerprint density at radius 2 is 1.26 bits per heavy atom. The number of hydrogen-bond donors (Lipinski definition) is 0. The molecule has 1 aliphatic heterocycles. The first-order valence-electron chi connectivity index (χ1n) is 15.1. The Kier molecular flexibility index (Phi) is 8.50. The van der Waals surface area contributed by atoms with Crippen LogP contribution in [-0.4, -0.2) is 71.9 Å². The largest absolute Gasteiger partial charge is 0.400 e. The molecule has 3 atom stereocenters. The van der Waals surface area contributed by atoms with Crippen LogP contribution in [0.2, 0.25) is 5.04 Å². The molecule has 7 nitrogen and oxygen atoms in total. The van der Waals surface area contributed by atoms with Crippen molar-refractivity contribution in [3.63, 3.8) is 0 Å². The van der Waals surface area contributed by atoms with Gasteiger partial charge in [0.2, 0.25) is 11.6 Å². The molecule has 43 heavy (non-hydrogen) atoms. The van der Waals surface area contributed by atoms with Gasteiger partial charge in [-0.15, -0.1) is 0 Å². The van der Waals surface area contributed by atoms with E-state index in [9.17, 15) is 0 Å². The van der Waals surface area contributed by atoms with E-state index in [0.717, 1.165) is 11.1 Å².